The van der Waals surface area contributed by atoms with E-state index in [-0.39, 0.29) is 6.42 Å². The highest BCUT2D eigenvalue weighted by atomic mass is 19.4. The second kappa shape index (κ2) is 5.83. The lowest BCUT2D eigenvalue weighted by molar-refractivity contribution is -0.199. The Labute approximate surface area is 109 Å². The molecule has 0 amide bonds. The van der Waals surface area contributed by atoms with Crippen molar-refractivity contribution < 1.29 is 13.2 Å². The van der Waals surface area contributed by atoms with Gasteiger partial charge in [0.25, 0.3) is 0 Å². The monoisotopic (exact) mass is 274 g/mol. The van der Waals surface area contributed by atoms with Gasteiger partial charge < -0.3 is 0 Å². The van der Waals surface area contributed by atoms with Crippen LogP contribution in [0.3, 0.4) is 0 Å². The molecule has 1 aliphatic carbocycles. The van der Waals surface area contributed by atoms with Gasteiger partial charge in [0.2, 0.25) is 0 Å². The van der Waals surface area contributed by atoms with E-state index in [0.29, 0.717) is 18.4 Å². The largest absolute Gasteiger partial charge is 0.392 e. The van der Waals surface area contributed by atoms with Crippen molar-refractivity contribution in [2.24, 2.45) is 17.7 Å². The minimum Gasteiger partial charge on any atom is -0.271 e. The van der Waals surface area contributed by atoms with Crippen LogP contribution in [0.5, 0.6) is 0 Å². The van der Waals surface area contributed by atoms with E-state index in [0.717, 1.165) is 6.42 Å². The minimum atomic E-state index is -4.18. The summed E-state index contributed by atoms with van der Waals surface area (Å²) in [6, 6.07) is -0.562. The van der Waals surface area contributed by atoms with Gasteiger partial charge in [-0.25, -0.2) is 9.97 Å². The summed E-state index contributed by atoms with van der Waals surface area (Å²) in [5.74, 6) is 3.59. The molecular formula is C12H17F3N4. The van der Waals surface area contributed by atoms with E-state index in [4.69, 9.17) is 5.84 Å². The van der Waals surface area contributed by atoms with Gasteiger partial charge in [0, 0.05) is 18.0 Å². The first-order valence-corrected chi connectivity index (χ1v) is 6.31. The van der Waals surface area contributed by atoms with E-state index in [2.05, 4.69) is 15.4 Å². The Hall–Kier alpha value is -1.21. The van der Waals surface area contributed by atoms with Crippen molar-refractivity contribution in [2.45, 2.75) is 37.9 Å². The third-order valence-corrected chi connectivity index (χ3v) is 3.79. The summed E-state index contributed by atoms with van der Waals surface area (Å²) in [5.41, 5.74) is 3.11. The van der Waals surface area contributed by atoms with Crippen molar-refractivity contribution in [3.8, 4) is 0 Å². The maximum Gasteiger partial charge on any atom is 0.392 e. The van der Waals surface area contributed by atoms with Gasteiger partial charge in [-0.15, -0.1) is 0 Å². The molecule has 1 saturated carbocycles. The molecule has 3 atom stereocenters. The summed E-state index contributed by atoms with van der Waals surface area (Å²) in [4.78, 5) is 7.70. The smallest absolute Gasteiger partial charge is 0.271 e. The third-order valence-electron chi connectivity index (χ3n) is 3.79. The van der Waals surface area contributed by atoms with Crippen LogP contribution in [0, 0.1) is 11.8 Å². The molecule has 0 spiro atoms. The van der Waals surface area contributed by atoms with Crippen molar-refractivity contribution in [1.82, 2.24) is 15.4 Å². The van der Waals surface area contributed by atoms with E-state index >= 15 is 0 Å². The maximum atomic E-state index is 13.1. The van der Waals surface area contributed by atoms with E-state index < -0.39 is 24.1 Å². The molecule has 2 rings (SSSR count). The zero-order chi connectivity index (χ0) is 13.9. The van der Waals surface area contributed by atoms with Gasteiger partial charge in [0.1, 0.15) is 6.33 Å². The molecule has 4 nitrogen and oxygen atoms in total. The van der Waals surface area contributed by atoms with Crippen LogP contribution in [0.4, 0.5) is 13.2 Å². The Bertz CT molecular complexity index is 396. The molecule has 0 saturated heterocycles. The average molecular weight is 274 g/mol. The van der Waals surface area contributed by atoms with Crippen molar-refractivity contribution in [1.29, 1.82) is 0 Å². The number of hydrogen-bond donors (Lipinski definition) is 2. The summed E-state index contributed by atoms with van der Waals surface area (Å²) >= 11 is 0. The van der Waals surface area contributed by atoms with Gasteiger partial charge in [-0.3, -0.25) is 11.3 Å². The second-order valence-electron chi connectivity index (χ2n) is 4.91. The number of nitrogens with one attached hydrogen (secondary N) is 1. The number of nitrogens with two attached hydrogens (primary N) is 1. The van der Waals surface area contributed by atoms with Crippen LogP contribution in [-0.4, -0.2) is 16.1 Å². The summed E-state index contributed by atoms with van der Waals surface area (Å²) in [6.45, 7) is 0. The first-order chi connectivity index (χ1) is 9.04. The lowest BCUT2D eigenvalue weighted by atomic mass is 9.73. The third kappa shape index (κ3) is 3.22. The fourth-order valence-corrected chi connectivity index (χ4v) is 2.90. The molecule has 1 aromatic rings. The Morgan fingerprint density at radius 2 is 1.84 bits per heavy atom. The van der Waals surface area contributed by atoms with Gasteiger partial charge in [-0.05, 0) is 18.8 Å². The Morgan fingerprint density at radius 3 is 2.42 bits per heavy atom. The molecular weight excluding hydrogens is 257 g/mol. The van der Waals surface area contributed by atoms with Gasteiger partial charge in [0.05, 0.1) is 12.0 Å². The number of aromatic nitrogens is 2. The highest BCUT2D eigenvalue weighted by molar-refractivity contribution is 5.11. The van der Waals surface area contributed by atoms with Crippen molar-refractivity contribution in [3.63, 3.8) is 0 Å². The van der Waals surface area contributed by atoms with Crippen LogP contribution in [0.1, 0.15) is 37.3 Å². The summed E-state index contributed by atoms with van der Waals surface area (Å²) in [6.07, 6.45) is 2.27. The summed E-state index contributed by atoms with van der Waals surface area (Å²) < 4.78 is 39.3. The fourth-order valence-electron chi connectivity index (χ4n) is 2.90. The first kappa shape index (κ1) is 14.2. The predicted octanol–water partition coefficient (Wildman–Crippen LogP) is 2.35. The topological polar surface area (TPSA) is 63.8 Å². The molecule has 106 valence electrons. The highest BCUT2D eigenvalue weighted by Gasteiger charge is 2.48. The molecule has 0 bridgehead atoms. The Balaban J connectivity index is 2.25. The maximum absolute atomic E-state index is 13.1. The minimum absolute atomic E-state index is 0.167. The number of alkyl halides is 3. The van der Waals surface area contributed by atoms with E-state index in [1.54, 1.807) is 0 Å². The number of halogens is 3. The molecule has 1 aromatic heterocycles. The van der Waals surface area contributed by atoms with Crippen molar-refractivity contribution >= 4 is 0 Å². The number of rotatable bonds is 3. The predicted molar refractivity (Wildman–Crippen MR) is 63.6 cm³/mol. The van der Waals surface area contributed by atoms with Crippen LogP contribution in [0.25, 0.3) is 0 Å². The average Bonchev–Trinajstić information content (AvgIpc) is 2.40. The van der Waals surface area contributed by atoms with E-state index in [1.165, 1.54) is 18.7 Å². The molecule has 1 aliphatic rings. The van der Waals surface area contributed by atoms with Gasteiger partial charge in [-0.1, -0.05) is 12.8 Å². The van der Waals surface area contributed by atoms with E-state index in [9.17, 15) is 13.2 Å². The molecule has 7 heteroatoms. The number of hydrogen-bond acceptors (Lipinski definition) is 4. The molecule has 3 unspecified atom stereocenters. The lowest BCUT2D eigenvalue weighted by Crippen LogP contribution is -2.43. The summed E-state index contributed by atoms with van der Waals surface area (Å²) in [7, 11) is 0. The van der Waals surface area contributed by atoms with Crippen LogP contribution in [0.2, 0.25) is 0 Å². The van der Waals surface area contributed by atoms with Gasteiger partial charge >= 0.3 is 6.18 Å². The lowest BCUT2D eigenvalue weighted by Gasteiger charge is -2.37. The first-order valence-electron chi connectivity index (χ1n) is 6.31. The molecule has 1 fully saturated rings. The molecule has 0 radical (unpaired) electrons. The Kier molecular flexibility index (Phi) is 4.36. The zero-order valence-corrected chi connectivity index (χ0v) is 10.4. The van der Waals surface area contributed by atoms with Crippen LogP contribution < -0.4 is 11.3 Å². The highest BCUT2D eigenvalue weighted by Crippen LogP contribution is 2.46. The molecule has 19 heavy (non-hydrogen) atoms. The van der Waals surface area contributed by atoms with Crippen molar-refractivity contribution in [2.75, 3.05) is 0 Å². The Morgan fingerprint density at radius 1 is 1.21 bits per heavy atom. The molecule has 0 aromatic carbocycles. The number of nitrogens with zero attached hydrogens (tertiary/aromatic N) is 2. The van der Waals surface area contributed by atoms with Crippen LogP contribution in [-0.2, 0) is 0 Å². The molecule has 0 aliphatic heterocycles. The fraction of sp³-hybridized carbons (Fsp3) is 0.667. The summed E-state index contributed by atoms with van der Waals surface area (Å²) in [5, 5.41) is 0. The normalized spacial score (nSPS) is 26.1. The number of hydrazine groups is 1. The van der Waals surface area contributed by atoms with Crippen LogP contribution in [0.15, 0.2) is 18.7 Å². The quantitative estimate of drug-likeness (QED) is 0.656. The second-order valence-corrected chi connectivity index (χ2v) is 4.91. The van der Waals surface area contributed by atoms with Crippen molar-refractivity contribution in [3.05, 3.63) is 24.3 Å². The molecule has 1 heterocycles. The SMILES string of the molecule is NNC(c1cncnc1)C1CCCCC1C(F)(F)F. The van der Waals surface area contributed by atoms with Gasteiger partial charge in [0.15, 0.2) is 0 Å². The van der Waals surface area contributed by atoms with E-state index in [1.807, 2.05) is 0 Å². The zero-order valence-electron chi connectivity index (χ0n) is 10.4. The van der Waals surface area contributed by atoms with Gasteiger partial charge in [-0.2, -0.15) is 13.2 Å². The molecule has 3 N–H and O–H groups in total. The van der Waals surface area contributed by atoms with Crippen LogP contribution >= 0.6 is 0 Å². The standard InChI is InChI=1S/C12H17F3N4/c13-12(14,15)10-4-2-1-3-9(10)11(19-16)8-5-17-7-18-6-8/h5-7,9-11,19H,1-4,16H2.